The number of nitrogens with zero attached hydrogens (tertiary/aromatic N) is 5. The van der Waals surface area contributed by atoms with E-state index in [2.05, 4.69) is 39.4 Å². The number of aromatic nitrogens is 3. The van der Waals surface area contributed by atoms with Crippen molar-refractivity contribution < 1.29 is 4.79 Å². The Labute approximate surface area is 185 Å². The standard InChI is InChI=1S/C22H24ClN5OS/c1-26-21(18-9-5-6-10-19(18)23)24-25-22(26)30-16-20(29)28-13-11-27(12-14-28)15-17-7-3-2-4-8-17/h2-10H,11-16H2,1H3. The van der Waals surface area contributed by atoms with Crippen molar-refractivity contribution in [3.63, 3.8) is 0 Å². The van der Waals surface area contributed by atoms with Crippen molar-refractivity contribution >= 4 is 29.3 Å². The van der Waals surface area contributed by atoms with Gasteiger partial charge < -0.3 is 9.47 Å². The fraction of sp³-hybridized carbons (Fsp3) is 0.318. The van der Waals surface area contributed by atoms with Crippen LogP contribution in [0.1, 0.15) is 5.56 Å². The third-order valence-corrected chi connectivity index (χ3v) is 6.58. The van der Waals surface area contributed by atoms with Crippen molar-refractivity contribution in [2.75, 3.05) is 31.9 Å². The number of piperazine rings is 1. The molecule has 8 heteroatoms. The minimum atomic E-state index is 0.140. The minimum absolute atomic E-state index is 0.140. The average molecular weight is 442 g/mol. The molecule has 0 saturated carbocycles. The zero-order valence-electron chi connectivity index (χ0n) is 16.9. The van der Waals surface area contributed by atoms with Gasteiger partial charge in [0, 0.05) is 45.3 Å². The summed E-state index contributed by atoms with van der Waals surface area (Å²) in [4.78, 5) is 17.0. The van der Waals surface area contributed by atoms with Crippen LogP contribution in [-0.2, 0) is 18.4 Å². The van der Waals surface area contributed by atoms with Gasteiger partial charge in [-0.25, -0.2) is 0 Å². The Morgan fingerprint density at radius 3 is 2.43 bits per heavy atom. The maximum atomic E-state index is 12.7. The first-order valence-electron chi connectivity index (χ1n) is 9.93. The molecular weight excluding hydrogens is 418 g/mol. The zero-order chi connectivity index (χ0) is 20.9. The van der Waals surface area contributed by atoms with Crippen molar-refractivity contribution in [2.45, 2.75) is 11.7 Å². The molecule has 1 saturated heterocycles. The molecule has 0 atom stereocenters. The first kappa shape index (κ1) is 20.9. The molecule has 0 bridgehead atoms. The van der Waals surface area contributed by atoms with E-state index in [9.17, 15) is 4.79 Å². The Hall–Kier alpha value is -2.35. The van der Waals surface area contributed by atoms with E-state index < -0.39 is 0 Å². The number of amides is 1. The summed E-state index contributed by atoms with van der Waals surface area (Å²) in [5.74, 6) is 1.19. The maximum Gasteiger partial charge on any atom is 0.233 e. The Morgan fingerprint density at radius 1 is 1.00 bits per heavy atom. The second-order valence-electron chi connectivity index (χ2n) is 7.28. The summed E-state index contributed by atoms with van der Waals surface area (Å²) in [6.07, 6.45) is 0. The smallest absolute Gasteiger partial charge is 0.233 e. The van der Waals surface area contributed by atoms with E-state index in [0.29, 0.717) is 21.8 Å². The number of halogens is 1. The van der Waals surface area contributed by atoms with Crippen LogP contribution in [0.5, 0.6) is 0 Å². The Morgan fingerprint density at radius 2 is 1.70 bits per heavy atom. The molecule has 1 aromatic heterocycles. The Bertz CT molecular complexity index is 1000. The highest BCUT2D eigenvalue weighted by molar-refractivity contribution is 7.99. The molecule has 1 amide bonds. The number of carbonyl (C=O) groups excluding carboxylic acids is 1. The van der Waals surface area contributed by atoms with Crippen LogP contribution < -0.4 is 0 Å². The SMILES string of the molecule is Cn1c(SCC(=O)N2CCN(Cc3ccccc3)CC2)nnc1-c1ccccc1Cl. The molecule has 2 heterocycles. The van der Waals surface area contributed by atoms with Gasteiger partial charge in [0.2, 0.25) is 5.91 Å². The molecule has 0 unspecified atom stereocenters. The number of thioether (sulfide) groups is 1. The van der Waals surface area contributed by atoms with Crippen molar-refractivity contribution in [2.24, 2.45) is 7.05 Å². The summed E-state index contributed by atoms with van der Waals surface area (Å²) >= 11 is 7.69. The van der Waals surface area contributed by atoms with Crippen LogP contribution in [0.15, 0.2) is 59.8 Å². The lowest BCUT2D eigenvalue weighted by atomic mass is 10.2. The summed E-state index contributed by atoms with van der Waals surface area (Å²) in [6.45, 7) is 4.24. The first-order chi connectivity index (χ1) is 14.6. The number of carbonyl (C=O) groups is 1. The predicted molar refractivity (Wildman–Crippen MR) is 120 cm³/mol. The average Bonchev–Trinajstić information content (AvgIpc) is 3.14. The van der Waals surface area contributed by atoms with Crippen LogP contribution in [0, 0.1) is 0 Å². The molecule has 0 aliphatic carbocycles. The Kier molecular flexibility index (Phi) is 6.72. The monoisotopic (exact) mass is 441 g/mol. The highest BCUT2D eigenvalue weighted by Gasteiger charge is 2.22. The van der Waals surface area contributed by atoms with Gasteiger partial charge in [-0.05, 0) is 17.7 Å². The maximum absolute atomic E-state index is 12.7. The van der Waals surface area contributed by atoms with Crippen LogP contribution >= 0.6 is 23.4 Å². The molecule has 30 heavy (non-hydrogen) atoms. The summed E-state index contributed by atoms with van der Waals surface area (Å²) in [7, 11) is 1.90. The van der Waals surface area contributed by atoms with Gasteiger partial charge in [-0.15, -0.1) is 10.2 Å². The van der Waals surface area contributed by atoms with Gasteiger partial charge in [-0.1, -0.05) is 65.8 Å². The molecule has 1 aliphatic heterocycles. The number of hydrogen-bond donors (Lipinski definition) is 0. The van der Waals surface area contributed by atoms with Gasteiger partial charge in [0.15, 0.2) is 11.0 Å². The summed E-state index contributed by atoms with van der Waals surface area (Å²) in [6, 6.07) is 18.0. The van der Waals surface area contributed by atoms with Crippen molar-refractivity contribution in [1.29, 1.82) is 0 Å². The first-order valence-corrected chi connectivity index (χ1v) is 11.3. The Balaban J connectivity index is 1.29. The van der Waals surface area contributed by atoms with Gasteiger partial charge in [0.1, 0.15) is 0 Å². The third kappa shape index (κ3) is 4.86. The molecular formula is C22H24ClN5OS. The largest absolute Gasteiger partial charge is 0.339 e. The van der Waals surface area contributed by atoms with E-state index in [1.54, 1.807) is 0 Å². The van der Waals surface area contributed by atoms with Crippen molar-refractivity contribution in [1.82, 2.24) is 24.6 Å². The highest BCUT2D eigenvalue weighted by Crippen LogP contribution is 2.28. The topological polar surface area (TPSA) is 54.3 Å². The number of hydrogen-bond acceptors (Lipinski definition) is 5. The van der Waals surface area contributed by atoms with E-state index >= 15 is 0 Å². The molecule has 4 rings (SSSR count). The van der Waals surface area contributed by atoms with Crippen LogP contribution in [0.25, 0.3) is 11.4 Å². The van der Waals surface area contributed by atoms with Gasteiger partial charge in [-0.2, -0.15) is 0 Å². The van der Waals surface area contributed by atoms with Crippen LogP contribution in [-0.4, -0.2) is 62.4 Å². The molecule has 6 nitrogen and oxygen atoms in total. The van der Waals surface area contributed by atoms with Gasteiger partial charge in [-0.3, -0.25) is 9.69 Å². The van der Waals surface area contributed by atoms with Crippen LogP contribution in [0.3, 0.4) is 0 Å². The zero-order valence-corrected chi connectivity index (χ0v) is 18.4. The molecule has 156 valence electrons. The molecule has 2 aromatic carbocycles. The fourth-order valence-corrected chi connectivity index (χ4v) is 4.57. The third-order valence-electron chi connectivity index (χ3n) is 5.25. The van der Waals surface area contributed by atoms with Crippen LogP contribution in [0.2, 0.25) is 5.02 Å². The number of benzene rings is 2. The van der Waals surface area contributed by atoms with Crippen molar-refractivity contribution in [3.8, 4) is 11.4 Å². The summed E-state index contributed by atoms with van der Waals surface area (Å²) in [5.41, 5.74) is 2.14. The lowest BCUT2D eigenvalue weighted by Gasteiger charge is -2.34. The van der Waals surface area contributed by atoms with Gasteiger partial charge >= 0.3 is 0 Å². The van der Waals surface area contributed by atoms with E-state index in [1.807, 2.05) is 46.8 Å². The molecule has 0 radical (unpaired) electrons. The fourth-order valence-electron chi connectivity index (χ4n) is 3.53. The van der Waals surface area contributed by atoms with E-state index in [1.165, 1.54) is 17.3 Å². The molecule has 0 spiro atoms. The molecule has 1 aliphatic rings. The second-order valence-corrected chi connectivity index (χ2v) is 8.63. The molecule has 1 fully saturated rings. The van der Waals surface area contributed by atoms with E-state index in [-0.39, 0.29) is 5.91 Å². The summed E-state index contributed by atoms with van der Waals surface area (Å²) in [5, 5.41) is 9.85. The van der Waals surface area contributed by atoms with Gasteiger partial charge in [0.05, 0.1) is 10.8 Å². The lowest BCUT2D eigenvalue weighted by molar-refractivity contribution is -0.130. The van der Waals surface area contributed by atoms with Crippen LogP contribution in [0.4, 0.5) is 0 Å². The predicted octanol–water partition coefficient (Wildman–Crippen LogP) is 3.57. The van der Waals surface area contributed by atoms with E-state index in [4.69, 9.17) is 11.6 Å². The lowest BCUT2D eigenvalue weighted by Crippen LogP contribution is -2.48. The molecule has 0 N–H and O–H groups in total. The van der Waals surface area contributed by atoms with Crippen molar-refractivity contribution in [3.05, 3.63) is 65.2 Å². The minimum Gasteiger partial charge on any atom is -0.339 e. The van der Waals surface area contributed by atoms with Gasteiger partial charge in [0.25, 0.3) is 0 Å². The quantitative estimate of drug-likeness (QED) is 0.547. The van der Waals surface area contributed by atoms with E-state index in [0.717, 1.165) is 38.3 Å². The highest BCUT2D eigenvalue weighted by atomic mass is 35.5. The second kappa shape index (κ2) is 9.64. The number of rotatable bonds is 6. The summed E-state index contributed by atoms with van der Waals surface area (Å²) < 4.78 is 1.89. The molecule has 3 aromatic rings. The normalized spacial score (nSPS) is 14.8.